The Balaban J connectivity index is 2.74. The lowest BCUT2D eigenvalue weighted by Crippen LogP contribution is -2.50. The second kappa shape index (κ2) is 8.87. The Morgan fingerprint density at radius 2 is 2.04 bits per heavy atom. The summed E-state index contributed by atoms with van der Waals surface area (Å²) in [5, 5.41) is 11.7. The van der Waals surface area contributed by atoms with Crippen molar-refractivity contribution in [2.45, 2.75) is 71.6 Å². The van der Waals surface area contributed by atoms with Crippen LogP contribution in [-0.4, -0.2) is 52.7 Å². The van der Waals surface area contributed by atoms with E-state index in [1.807, 2.05) is 6.08 Å². The quantitative estimate of drug-likeness (QED) is 0.541. The molecule has 0 radical (unpaired) electrons. The summed E-state index contributed by atoms with van der Waals surface area (Å²) in [5.74, 6) is -1.16. The minimum Gasteiger partial charge on any atom is -0.480 e. The average molecular weight is 354 g/mol. The van der Waals surface area contributed by atoms with Crippen LogP contribution in [-0.2, 0) is 14.3 Å². The maximum absolute atomic E-state index is 12.2. The molecule has 0 aromatic heterocycles. The van der Waals surface area contributed by atoms with Crippen molar-refractivity contribution in [1.29, 1.82) is 0 Å². The molecule has 3 atom stereocenters. The molecule has 0 aromatic rings. The molecule has 1 saturated heterocycles. The van der Waals surface area contributed by atoms with Gasteiger partial charge in [-0.3, -0.25) is 4.79 Å². The van der Waals surface area contributed by atoms with E-state index in [-0.39, 0.29) is 11.9 Å². The van der Waals surface area contributed by atoms with Crippen molar-refractivity contribution in [3.05, 3.63) is 12.7 Å². The maximum atomic E-state index is 12.2. The topological polar surface area (TPSA) is 95.9 Å². The number of aliphatic carboxylic acids is 1. The van der Waals surface area contributed by atoms with Crippen molar-refractivity contribution in [3.8, 4) is 0 Å². The number of nitrogens with one attached hydrogen (secondary N) is 1. The molecule has 1 aliphatic rings. The lowest BCUT2D eigenvalue weighted by molar-refractivity contribution is -0.142. The number of unbranched alkanes of at least 4 members (excludes halogenated alkanes) is 1. The minimum absolute atomic E-state index is 0.0479. The number of ether oxygens (including phenoxy) is 1. The first-order valence-corrected chi connectivity index (χ1v) is 8.66. The molecule has 2 amide bonds. The molecule has 7 nitrogen and oxygen atoms in total. The number of carbonyl (C=O) groups is 3. The van der Waals surface area contributed by atoms with E-state index < -0.39 is 29.6 Å². The molecule has 2 N–H and O–H groups in total. The predicted octanol–water partition coefficient (Wildman–Crippen LogP) is 2.56. The molecule has 1 fully saturated rings. The first-order valence-electron chi connectivity index (χ1n) is 8.66. The molecule has 0 aromatic carbocycles. The molecule has 1 heterocycles. The van der Waals surface area contributed by atoms with Crippen LogP contribution in [0.15, 0.2) is 12.7 Å². The molecular weight excluding hydrogens is 324 g/mol. The molecule has 0 bridgehead atoms. The number of rotatable bonds is 7. The zero-order chi connectivity index (χ0) is 19.2. The van der Waals surface area contributed by atoms with Crippen LogP contribution in [0, 0.1) is 5.41 Å². The average Bonchev–Trinajstić information content (AvgIpc) is 2.86. The first kappa shape index (κ1) is 21.0. The van der Waals surface area contributed by atoms with E-state index in [0.29, 0.717) is 19.4 Å². The van der Waals surface area contributed by atoms with Gasteiger partial charge in [0.05, 0.1) is 6.04 Å². The SMILES string of the molecule is C=CCCC[C@H]1[C@H](OC(=O)NC(C(=O)O)C(C)(C)C)CCN1C(C)=O. The first-order chi connectivity index (χ1) is 11.6. The van der Waals surface area contributed by atoms with Gasteiger partial charge in [0, 0.05) is 19.9 Å². The fourth-order valence-corrected chi connectivity index (χ4v) is 3.10. The van der Waals surface area contributed by atoms with Crippen LogP contribution >= 0.6 is 0 Å². The Labute approximate surface area is 149 Å². The second-order valence-electron chi connectivity index (χ2n) is 7.51. The van der Waals surface area contributed by atoms with Crippen molar-refractivity contribution < 1.29 is 24.2 Å². The third kappa shape index (κ3) is 6.07. The standard InChI is InChI=1S/C18H30N2O5/c1-6-7-8-9-13-14(10-11-20(13)12(2)21)25-17(24)19-15(16(22)23)18(3,4)5/h6,13-15H,1,7-11H2,2-5H3,(H,19,24)(H,22,23)/t13-,14+,15?/m0/s1. The van der Waals surface area contributed by atoms with Gasteiger partial charge in [-0.05, 0) is 24.7 Å². The van der Waals surface area contributed by atoms with Gasteiger partial charge in [-0.25, -0.2) is 9.59 Å². The van der Waals surface area contributed by atoms with Crippen LogP contribution in [0.2, 0.25) is 0 Å². The zero-order valence-corrected chi connectivity index (χ0v) is 15.6. The van der Waals surface area contributed by atoms with Gasteiger partial charge in [-0.15, -0.1) is 6.58 Å². The fourth-order valence-electron chi connectivity index (χ4n) is 3.10. The maximum Gasteiger partial charge on any atom is 0.408 e. The number of hydrogen-bond donors (Lipinski definition) is 2. The summed E-state index contributed by atoms with van der Waals surface area (Å²) in [5.41, 5.74) is -0.644. The van der Waals surface area contributed by atoms with E-state index in [1.54, 1.807) is 25.7 Å². The fraction of sp³-hybridized carbons (Fsp3) is 0.722. The number of allylic oxidation sites excluding steroid dienone is 1. The highest BCUT2D eigenvalue weighted by molar-refractivity contribution is 5.80. The van der Waals surface area contributed by atoms with Crippen molar-refractivity contribution >= 4 is 18.0 Å². The minimum atomic E-state index is -1.11. The third-order valence-electron chi connectivity index (χ3n) is 4.43. The monoisotopic (exact) mass is 354 g/mol. The molecule has 1 rings (SSSR count). The Kier molecular flexibility index (Phi) is 7.45. The van der Waals surface area contributed by atoms with Gasteiger partial charge in [0.15, 0.2) is 0 Å². The summed E-state index contributed by atoms with van der Waals surface area (Å²) in [6.07, 6.45) is 3.57. The number of amides is 2. The van der Waals surface area contributed by atoms with Crippen molar-refractivity contribution in [1.82, 2.24) is 10.2 Å². The molecular formula is C18H30N2O5. The number of nitrogens with zero attached hydrogens (tertiary/aromatic N) is 1. The van der Waals surface area contributed by atoms with Crippen LogP contribution in [0.5, 0.6) is 0 Å². The third-order valence-corrected chi connectivity index (χ3v) is 4.43. The Bertz CT molecular complexity index is 512. The Morgan fingerprint density at radius 3 is 2.52 bits per heavy atom. The van der Waals surface area contributed by atoms with Crippen LogP contribution < -0.4 is 5.32 Å². The number of alkyl carbamates (subject to hydrolysis) is 1. The highest BCUT2D eigenvalue weighted by Gasteiger charge is 2.39. The van der Waals surface area contributed by atoms with Gasteiger partial charge >= 0.3 is 12.1 Å². The zero-order valence-electron chi connectivity index (χ0n) is 15.6. The second-order valence-corrected chi connectivity index (χ2v) is 7.51. The van der Waals surface area contributed by atoms with Crippen molar-refractivity contribution in [2.75, 3.05) is 6.54 Å². The van der Waals surface area contributed by atoms with Gasteiger partial charge in [0.2, 0.25) is 5.91 Å². The van der Waals surface area contributed by atoms with Gasteiger partial charge in [0.25, 0.3) is 0 Å². The summed E-state index contributed by atoms with van der Waals surface area (Å²) in [6.45, 7) is 10.9. The van der Waals surface area contributed by atoms with Crippen LogP contribution in [0.1, 0.15) is 53.4 Å². The van der Waals surface area contributed by atoms with Gasteiger partial charge in [-0.2, -0.15) is 0 Å². The summed E-state index contributed by atoms with van der Waals surface area (Å²) < 4.78 is 5.48. The number of carboxylic acid groups (broad SMARTS) is 1. The molecule has 0 aliphatic carbocycles. The van der Waals surface area contributed by atoms with Gasteiger partial charge < -0.3 is 20.1 Å². The highest BCUT2D eigenvalue weighted by atomic mass is 16.6. The normalized spacial score (nSPS) is 21.5. The molecule has 0 saturated carbocycles. The van der Waals surface area contributed by atoms with Crippen LogP contribution in [0.25, 0.3) is 0 Å². The molecule has 142 valence electrons. The van der Waals surface area contributed by atoms with Crippen molar-refractivity contribution in [3.63, 3.8) is 0 Å². The van der Waals surface area contributed by atoms with E-state index >= 15 is 0 Å². The number of hydrogen-bond acceptors (Lipinski definition) is 4. The molecule has 1 unspecified atom stereocenters. The molecule has 25 heavy (non-hydrogen) atoms. The van der Waals surface area contributed by atoms with Crippen molar-refractivity contribution in [2.24, 2.45) is 5.41 Å². The Morgan fingerprint density at radius 1 is 1.40 bits per heavy atom. The predicted molar refractivity (Wildman–Crippen MR) is 94.1 cm³/mol. The number of carboxylic acids is 1. The lowest BCUT2D eigenvalue weighted by atomic mass is 9.87. The van der Waals surface area contributed by atoms with E-state index in [4.69, 9.17) is 4.74 Å². The van der Waals surface area contributed by atoms with Crippen LogP contribution in [0.4, 0.5) is 4.79 Å². The van der Waals surface area contributed by atoms with E-state index in [9.17, 15) is 19.5 Å². The summed E-state index contributed by atoms with van der Waals surface area (Å²) >= 11 is 0. The van der Waals surface area contributed by atoms with E-state index in [1.165, 1.54) is 6.92 Å². The largest absolute Gasteiger partial charge is 0.480 e. The summed E-state index contributed by atoms with van der Waals surface area (Å²) in [7, 11) is 0. The van der Waals surface area contributed by atoms with Crippen LogP contribution in [0.3, 0.4) is 0 Å². The number of carbonyl (C=O) groups excluding carboxylic acids is 2. The highest BCUT2D eigenvalue weighted by Crippen LogP contribution is 2.26. The van der Waals surface area contributed by atoms with E-state index in [2.05, 4.69) is 11.9 Å². The molecule has 1 aliphatic heterocycles. The Hall–Kier alpha value is -2.05. The molecule has 7 heteroatoms. The van der Waals surface area contributed by atoms with Gasteiger partial charge in [-0.1, -0.05) is 26.8 Å². The summed E-state index contributed by atoms with van der Waals surface area (Å²) in [4.78, 5) is 37.1. The summed E-state index contributed by atoms with van der Waals surface area (Å²) in [6, 6.07) is -1.23. The lowest BCUT2D eigenvalue weighted by Gasteiger charge is -2.30. The number of likely N-dealkylation sites (tertiary alicyclic amines) is 1. The van der Waals surface area contributed by atoms with E-state index in [0.717, 1.165) is 12.8 Å². The van der Waals surface area contributed by atoms with Gasteiger partial charge in [0.1, 0.15) is 12.1 Å². The smallest absolute Gasteiger partial charge is 0.408 e. The molecule has 0 spiro atoms.